The number of ether oxygens (including phenoxy) is 2. The molecule has 2 aromatic rings. The number of carbonyl (C=O) groups is 1. The molecule has 1 atom stereocenters. The van der Waals surface area contributed by atoms with E-state index in [1.807, 2.05) is 13.0 Å². The minimum atomic E-state index is -0.448. The molecule has 1 amide bonds. The summed E-state index contributed by atoms with van der Waals surface area (Å²) in [6, 6.07) is 10.1. The number of amides is 1. The Kier molecular flexibility index (Phi) is 5.06. The molecule has 1 unspecified atom stereocenters. The van der Waals surface area contributed by atoms with Gasteiger partial charge in [0.05, 0.1) is 10.8 Å². The van der Waals surface area contributed by atoms with Gasteiger partial charge in [0.15, 0.2) is 11.5 Å². The van der Waals surface area contributed by atoms with Crippen LogP contribution in [0.1, 0.15) is 30.9 Å². The topological polar surface area (TPSA) is 90.7 Å². The molecule has 7 heteroatoms. The molecule has 0 radical (unpaired) electrons. The summed E-state index contributed by atoms with van der Waals surface area (Å²) >= 11 is 0. The van der Waals surface area contributed by atoms with Crippen LogP contribution in [-0.4, -0.2) is 24.0 Å². The summed E-state index contributed by atoms with van der Waals surface area (Å²) in [6.45, 7) is 4.61. The highest BCUT2D eigenvalue weighted by Crippen LogP contribution is 2.33. The molecule has 0 saturated heterocycles. The minimum Gasteiger partial charge on any atom is -0.486 e. The van der Waals surface area contributed by atoms with E-state index >= 15 is 0 Å². The van der Waals surface area contributed by atoms with Gasteiger partial charge in [0, 0.05) is 17.3 Å². The van der Waals surface area contributed by atoms with Crippen LogP contribution in [0.2, 0.25) is 0 Å². The molecule has 0 aliphatic carbocycles. The Morgan fingerprint density at radius 2 is 1.92 bits per heavy atom. The van der Waals surface area contributed by atoms with Crippen LogP contribution >= 0.6 is 0 Å². The Hall–Kier alpha value is -3.09. The summed E-state index contributed by atoms with van der Waals surface area (Å²) < 4.78 is 11.0. The number of aryl methyl sites for hydroxylation is 1. The van der Waals surface area contributed by atoms with Gasteiger partial charge in [0.25, 0.3) is 5.69 Å². The molecular weight excluding hydrogens is 336 g/mol. The SMILES string of the molecule is CCc1ccc(NC(=O)C(C)c2ccc3c(c2)OCCO3)cc1[N+](=O)[O-]. The molecule has 0 bridgehead atoms. The first-order valence-corrected chi connectivity index (χ1v) is 8.47. The molecule has 2 aromatic carbocycles. The predicted molar refractivity (Wildman–Crippen MR) is 97.0 cm³/mol. The van der Waals surface area contributed by atoms with Crippen molar-refractivity contribution >= 4 is 17.3 Å². The minimum absolute atomic E-state index is 0.0114. The molecule has 0 spiro atoms. The fourth-order valence-corrected chi connectivity index (χ4v) is 2.84. The lowest BCUT2D eigenvalue weighted by Gasteiger charge is -2.20. The van der Waals surface area contributed by atoms with E-state index < -0.39 is 10.8 Å². The van der Waals surface area contributed by atoms with E-state index in [4.69, 9.17) is 9.47 Å². The fourth-order valence-electron chi connectivity index (χ4n) is 2.84. The Labute approximate surface area is 151 Å². The van der Waals surface area contributed by atoms with Gasteiger partial charge in [-0.1, -0.05) is 19.1 Å². The Morgan fingerprint density at radius 1 is 1.19 bits per heavy atom. The summed E-state index contributed by atoms with van der Waals surface area (Å²) in [6.07, 6.45) is 0.554. The van der Waals surface area contributed by atoms with Crippen molar-refractivity contribution in [2.24, 2.45) is 0 Å². The zero-order chi connectivity index (χ0) is 18.7. The van der Waals surface area contributed by atoms with E-state index in [1.54, 1.807) is 31.2 Å². The summed E-state index contributed by atoms with van der Waals surface area (Å²) in [5.74, 6) is 0.589. The number of nitrogens with zero attached hydrogens (tertiary/aromatic N) is 1. The number of fused-ring (bicyclic) bond motifs is 1. The first-order valence-electron chi connectivity index (χ1n) is 8.47. The average Bonchev–Trinajstić information content (AvgIpc) is 2.66. The van der Waals surface area contributed by atoms with Gasteiger partial charge in [-0.3, -0.25) is 14.9 Å². The molecule has 136 valence electrons. The molecule has 0 fully saturated rings. The molecule has 0 saturated carbocycles. The quantitative estimate of drug-likeness (QED) is 0.652. The zero-order valence-corrected chi connectivity index (χ0v) is 14.7. The zero-order valence-electron chi connectivity index (χ0n) is 14.7. The molecule has 26 heavy (non-hydrogen) atoms. The Bertz CT molecular complexity index is 850. The average molecular weight is 356 g/mol. The highest BCUT2D eigenvalue weighted by Gasteiger charge is 2.20. The number of carbonyl (C=O) groups excluding carboxylic acids is 1. The molecule has 1 N–H and O–H groups in total. The Morgan fingerprint density at radius 3 is 2.62 bits per heavy atom. The number of nitro groups is 1. The maximum absolute atomic E-state index is 12.6. The van der Waals surface area contributed by atoms with E-state index in [2.05, 4.69) is 5.32 Å². The first-order chi connectivity index (χ1) is 12.5. The number of benzene rings is 2. The predicted octanol–water partition coefficient (Wildman–Crippen LogP) is 3.67. The maximum atomic E-state index is 12.6. The monoisotopic (exact) mass is 356 g/mol. The molecule has 1 aliphatic rings. The molecule has 0 aromatic heterocycles. The molecule has 7 nitrogen and oxygen atoms in total. The number of hydrogen-bond acceptors (Lipinski definition) is 5. The largest absolute Gasteiger partial charge is 0.486 e. The van der Waals surface area contributed by atoms with Crippen molar-refractivity contribution in [3.8, 4) is 11.5 Å². The second-order valence-electron chi connectivity index (χ2n) is 6.07. The highest BCUT2D eigenvalue weighted by atomic mass is 16.6. The van der Waals surface area contributed by atoms with Crippen LogP contribution in [0, 0.1) is 10.1 Å². The van der Waals surface area contributed by atoms with Crippen LogP contribution in [-0.2, 0) is 11.2 Å². The van der Waals surface area contributed by atoms with E-state index in [-0.39, 0.29) is 11.6 Å². The van der Waals surface area contributed by atoms with Crippen LogP contribution in [0.5, 0.6) is 11.5 Å². The van der Waals surface area contributed by atoms with Gasteiger partial charge < -0.3 is 14.8 Å². The van der Waals surface area contributed by atoms with E-state index in [0.29, 0.717) is 42.4 Å². The van der Waals surface area contributed by atoms with E-state index in [9.17, 15) is 14.9 Å². The summed E-state index contributed by atoms with van der Waals surface area (Å²) in [4.78, 5) is 23.3. The molecular formula is C19H20N2O5. The van der Waals surface area contributed by atoms with E-state index in [0.717, 1.165) is 5.56 Å². The second-order valence-corrected chi connectivity index (χ2v) is 6.07. The normalized spacial score (nSPS) is 13.8. The molecule has 1 aliphatic heterocycles. The number of nitro benzene ring substituents is 1. The lowest BCUT2D eigenvalue weighted by molar-refractivity contribution is -0.385. The maximum Gasteiger partial charge on any atom is 0.274 e. The summed E-state index contributed by atoms with van der Waals surface area (Å²) in [5, 5.41) is 13.9. The highest BCUT2D eigenvalue weighted by molar-refractivity contribution is 5.96. The van der Waals surface area contributed by atoms with Crippen LogP contribution in [0.25, 0.3) is 0 Å². The second kappa shape index (κ2) is 7.43. The lowest BCUT2D eigenvalue weighted by atomic mass is 9.99. The summed E-state index contributed by atoms with van der Waals surface area (Å²) in [5.41, 5.74) is 1.83. The van der Waals surface area contributed by atoms with Crippen LogP contribution in [0.15, 0.2) is 36.4 Å². The Balaban J connectivity index is 1.77. The van der Waals surface area contributed by atoms with Crippen molar-refractivity contribution in [3.05, 3.63) is 57.6 Å². The smallest absolute Gasteiger partial charge is 0.274 e. The van der Waals surface area contributed by atoms with Crippen molar-refractivity contribution in [1.29, 1.82) is 0 Å². The van der Waals surface area contributed by atoms with Gasteiger partial charge in [-0.2, -0.15) is 0 Å². The number of anilines is 1. The standard InChI is InChI=1S/C19H20N2O5/c1-3-13-4-6-15(11-16(13)21(23)24)20-19(22)12(2)14-5-7-17-18(10-14)26-9-8-25-17/h4-7,10-12H,3,8-9H2,1-2H3,(H,20,22). The van der Waals surface area contributed by atoms with Crippen molar-refractivity contribution < 1.29 is 19.2 Å². The van der Waals surface area contributed by atoms with Crippen molar-refractivity contribution in [2.75, 3.05) is 18.5 Å². The third-order valence-corrected chi connectivity index (χ3v) is 4.39. The van der Waals surface area contributed by atoms with Crippen LogP contribution in [0.4, 0.5) is 11.4 Å². The van der Waals surface area contributed by atoms with Crippen molar-refractivity contribution in [3.63, 3.8) is 0 Å². The number of rotatable bonds is 5. The van der Waals surface area contributed by atoms with Gasteiger partial charge in [0.1, 0.15) is 13.2 Å². The fraction of sp³-hybridized carbons (Fsp3) is 0.316. The van der Waals surface area contributed by atoms with E-state index in [1.165, 1.54) is 6.07 Å². The van der Waals surface area contributed by atoms with Gasteiger partial charge in [-0.05, 0) is 37.1 Å². The summed E-state index contributed by atoms with van der Waals surface area (Å²) in [7, 11) is 0. The van der Waals surface area contributed by atoms with Gasteiger partial charge in [-0.25, -0.2) is 0 Å². The van der Waals surface area contributed by atoms with Gasteiger partial charge >= 0.3 is 0 Å². The third kappa shape index (κ3) is 3.61. The molecule has 3 rings (SSSR count). The third-order valence-electron chi connectivity index (χ3n) is 4.39. The number of nitrogens with one attached hydrogen (secondary N) is 1. The molecule has 1 heterocycles. The van der Waals surface area contributed by atoms with Crippen LogP contribution < -0.4 is 14.8 Å². The van der Waals surface area contributed by atoms with Gasteiger partial charge in [0.2, 0.25) is 5.91 Å². The lowest BCUT2D eigenvalue weighted by Crippen LogP contribution is -2.20. The number of hydrogen-bond donors (Lipinski definition) is 1. The van der Waals surface area contributed by atoms with Gasteiger partial charge in [-0.15, -0.1) is 0 Å². The van der Waals surface area contributed by atoms with Crippen LogP contribution in [0.3, 0.4) is 0 Å². The van der Waals surface area contributed by atoms with Crippen molar-refractivity contribution in [2.45, 2.75) is 26.2 Å². The van der Waals surface area contributed by atoms with Crippen molar-refractivity contribution in [1.82, 2.24) is 0 Å². The first kappa shape index (κ1) is 17.7.